The average Bonchev–Trinajstić information content (AvgIpc) is 2.94. The van der Waals surface area contributed by atoms with Crippen LogP contribution in [-0.2, 0) is 11.2 Å². The number of rotatable bonds is 2. The highest BCUT2D eigenvalue weighted by Crippen LogP contribution is 2.41. The zero-order valence-electron chi connectivity index (χ0n) is 10.1. The van der Waals surface area contributed by atoms with Crippen molar-refractivity contribution in [2.75, 3.05) is 13.1 Å². The molecule has 1 fully saturated rings. The number of aliphatic carboxylic acids is 1. The van der Waals surface area contributed by atoms with E-state index in [0.29, 0.717) is 12.6 Å². The fraction of sp³-hybridized carbons (Fsp3) is 0.500. The molecule has 3 rings (SSSR count). The summed E-state index contributed by atoms with van der Waals surface area (Å²) in [6.07, 6.45) is 3.00. The van der Waals surface area contributed by atoms with Crippen LogP contribution in [-0.4, -0.2) is 29.1 Å². The van der Waals surface area contributed by atoms with Gasteiger partial charge < -0.3 is 5.11 Å². The van der Waals surface area contributed by atoms with Crippen molar-refractivity contribution in [2.24, 2.45) is 5.92 Å². The maximum absolute atomic E-state index is 11.0. The molecule has 1 heterocycles. The summed E-state index contributed by atoms with van der Waals surface area (Å²) in [7, 11) is 0. The van der Waals surface area contributed by atoms with Crippen molar-refractivity contribution in [2.45, 2.75) is 25.3 Å². The molecule has 0 radical (unpaired) electrons. The molecule has 1 N–H and O–H groups in total. The molecule has 4 heteroatoms. The van der Waals surface area contributed by atoms with Crippen molar-refractivity contribution in [1.82, 2.24) is 4.90 Å². The Balaban J connectivity index is 1.81. The van der Waals surface area contributed by atoms with Crippen LogP contribution >= 0.6 is 15.9 Å². The van der Waals surface area contributed by atoms with Gasteiger partial charge in [-0.25, -0.2) is 0 Å². The van der Waals surface area contributed by atoms with Crippen LogP contribution in [0.25, 0.3) is 0 Å². The van der Waals surface area contributed by atoms with Crippen LogP contribution in [0.4, 0.5) is 0 Å². The third-order valence-electron chi connectivity index (χ3n) is 4.19. The van der Waals surface area contributed by atoms with Gasteiger partial charge in [0.1, 0.15) is 0 Å². The van der Waals surface area contributed by atoms with Gasteiger partial charge in [0.2, 0.25) is 0 Å². The van der Waals surface area contributed by atoms with Crippen LogP contribution in [0.15, 0.2) is 22.7 Å². The molecular weight excluding hydrogens is 294 g/mol. The van der Waals surface area contributed by atoms with Crippen molar-refractivity contribution in [3.8, 4) is 0 Å². The Morgan fingerprint density at radius 3 is 2.94 bits per heavy atom. The summed E-state index contributed by atoms with van der Waals surface area (Å²) in [6.45, 7) is 1.61. The standard InChI is InChI=1S/C14H16BrNO2/c15-12-3-1-2-11-10(12)4-5-13(11)16-7-6-9(8-16)14(17)18/h1-3,9,13H,4-8H2,(H,17,18). The first kappa shape index (κ1) is 12.2. The van der Waals surface area contributed by atoms with Gasteiger partial charge >= 0.3 is 5.97 Å². The quantitative estimate of drug-likeness (QED) is 0.913. The molecule has 0 bridgehead atoms. The molecule has 0 spiro atoms. The van der Waals surface area contributed by atoms with E-state index < -0.39 is 5.97 Å². The Kier molecular flexibility index (Phi) is 3.16. The van der Waals surface area contributed by atoms with Gasteiger partial charge in [0.25, 0.3) is 0 Å². The number of carboxylic acids is 1. The number of halogens is 1. The highest BCUT2D eigenvalue weighted by atomic mass is 79.9. The van der Waals surface area contributed by atoms with Crippen molar-refractivity contribution in [3.63, 3.8) is 0 Å². The summed E-state index contributed by atoms with van der Waals surface area (Å²) < 4.78 is 1.19. The van der Waals surface area contributed by atoms with E-state index in [1.165, 1.54) is 15.6 Å². The van der Waals surface area contributed by atoms with Gasteiger partial charge in [0, 0.05) is 17.1 Å². The predicted octanol–water partition coefficient (Wildman–Crippen LogP) is 2.84. The highest BCUT2D eigenvalue weighted by molar-refractivity contribution is 9.10. The van der Waals surface area contributed by atoms with Crippen molar-refractivity contribution in [3.05, 3.63) is 33.8 Å². The molecule has 2 atom stereocenters. The summed E-state index contributed by atoms with van der Waals surface area (Å²) in [5.41, 5.74) is 2.79. The van der Waals surface area contributed by atoms with Gasteiger partial charge in [-0.15, -0.1) is 0 Å². The minimum Gasteiger partial charge on any atom is -0.481 e. The topological polar surface area (TPSA) is 40.5 Å². The smallest absolute Gasteiger partial charge is 0.307 e. The molecule has 1 saturated heterocycles. The third kappa shape index (κ3) is 1.97. The van der Waals surface area contributed by atoms with Crippen LogP contribution in [0, 0.1) is 5.92 Å². The summed E-state index contributed by atoms with van der Waals surface area (Å²) in [5, 5.41) is 9.08. The predicted molar refractivity (Wildman–Crippen MR) is 72.5 cm³/mol. The van der Waals surface area contributed by atoms with Crippen LogP contribution < -0.4 is 0 Å². The Hall–Kier alpha value is -0.870. The molecule has 2 aliphatic rings. The summed E-state index contributed by atoms with van der Waals surface area (Å²) in [5.74, 6) is -0.828. The van der Waals surface area contributed by atoms with E-state index in [-0.39, 0.29) is 5.92 Å². The first-order valence-electron chi connectivity index (χ1n) is 6.41. The number of carbonyl (C=O) groups is 1. The molecule has 3 nitrogen and oxygen atoms in total. The van der Waals surface area contributed by atoms with Gasteiger partial charge in [0.05, 0.1) is 5.92 Å². The zero-order chi connectivity index (χ0) is 12.7. The van der Waals surface area contributed by atoms with Gasteiger partial charge in [-0.3, -0.25) is 9.69 Å². The SMILES string of the molecule is O=C(O)C1CCN(C2CCc3c(Br)cccc32)C1. The fourth-order valence-corrected chi connectivity index (χ4v) is 3.82. The fourth-order valence-electron chi connectivity index (χ4n) is 3.24. The lowest BCUT2D eigenvalue weighted by Crippen LogP contribution is -2.26. The summed E-state index contributed by atoms with van der Waals surface area (Å²) >= 11 is 3.61. The van der Waals surface area contributed by atoms with E-state index in [9.17, 15) is 4.79 Å². The summed E-state index contributed by atoms with van der Waals surface area (Å²) in [6, 6.07) is 6.77. The molecule has 1 aromatic rings. The second kappa shape index (κ2) is 4.67. The number of benzene rings is 1. The van der Waals surface area contributed by atoms with Crippen LogP contribution in [0.1, 0.15) is 30.0 Å². The van der Waals surface area contributed by atoms with Gasteiger partial charge in [-0.1, -0.05) is 28.1 Å². The van der Waals surface area contributed by atoms with Gasteiger partial charge in [0.15, 0.2) is 0 Å². The third-order valence-corrected chi connectivity index (χ3v) is 4.93. The molecule has 1 aliphatic heterocycles. The molecule has 96 valence electrons. The molecule has 18 heavy (non-hydrogen) atoms. The molecule has 0 aromatic heterocycles. The van der Waals surface area contributed by atoms with E-state index in [1.807, 2.05) is 0 Å². The lowest BCUT2D eigenvalue weighted by molar-refractivity contribution is -0.141. The molecule has 1 aliphatic carbocycles. The number of hydrogen-bond donors (Lipinski definition) is 1. The zero-order valence-corrected chi connectivity index (χ0v) is 11.7. The second-order valence-electron chi connectivity index (χ2n) is 5.18. The first-order chi connectivity index (χ1) is 8.66. The molecule has 1 aromatic carbocycles. The maximum atomic E-state index is 11.0. The van der Waals surface area contributed by atoms with E-state index in [2.05, 4.69) is 39.0 Å². The number of fused-ring (bicyclic) bond motifs is 1. The number of nitrogens with zero attached hydrogens (tertiary/aromatic N) is 1. The van der Waals surface area contributed by atoms with Crippen molar-refractivity contribution < 1.29 is 9.90 Å². The van der Waals surface area contributed by atoms with Crippen LogP contribution in [0.5, 0.6) is 0 Å². The lowest BCUT2D eigenvalue weighted by atomic mass is 10.1. The van der Waals surface area contributed by atoms with Crippen molar-refractivity contribution in [1.29, 1.82) is 0 Å². The molecular formula is C14H16BrNO2. The summed E-state index contributed by atoms with van der Waals surface area (Å²) in [4.78, 5) is 13.4. The Morgan fingerprint density at radius 2 is 2.22 bits per heavy atom. The Bertz CT molecular complexity index is 489. The number of carboxylic acid groups (broad SMARTS) is 1. The van der Waals surface area contributed by atoms with E-state index >= 15 is 0 Å². The molecule has 2 unspecified atom stereocenters. The van der Waals surface area contributed by atoms with Crippen LogP contribution in [0.2, 0.25) is 0 Å². The van der Waals surface area contributed by atoms with Gasteiger partial charge in [-0.2, -0.15) is 0 Å². The molecule has 0 amide bonds. The first-order valence-corrected chi connectivity index (χ1v) is 7.20. The Labute approximate surface area is 115 Å². The minimum absolute atomic E-state index is 0.179. The molecule has 0 saturated carbocycles. The normalized spacial score (nSPS) is 27.4. The van der Waals surface area contributed by atoms with Crippen LogP contribution in [0.3, 0.4) is 0 Å². The Morgan fingerprint density at radius 1 is 1.39 bits per heavy atom. The maximum Gasteiger partial charge on any atom is 0.307 e. The lowest BCUT2D eigenvalue weighted by Gasteiger charge is -2.24. The van der Waals surface area contributed by atoms with E-state index in [4.69, 9.17) is 5.11 Å². The van der Waals surface area contributed by atoms with E-state index in [0.717, 1.165) is 25.8 Å². The minimum atomic E-state index is -0.648. The van der Waals surface area contributed by atoms with E-state index in [1.54, 1.807) is 0 Å². The average molecular weight is 310 g/mol. The number of hydrogen-bond acceptors (Lipinski definition) is 2. The van der Waals surface area contributed by atoms with Gasteiger partial charge in [-0.05, 0) is 43.0 Å². The number of likely N-dealkylation sites (tertiary alicyclic amines) is 1. The van der Waals surface area contributed by atoms with Crippen molar-refractivity contribution >= 4 is 21.9 Å². The largest absolute Gasteiger partial charge is 0.481 e. The highest BCUT2D eigenvalue weighted by Gasteiger charge is 2.35. The second-order valence-corrected chi connectivity index (χ2v) is 6.04. The monoisotopic (exact) mass is 309 g/mol.